The highest BCUT2D eigenvalue weighted by atomic mass is 32.2. The van der Waals surface area contributed by atoms with Crippen LogP contribution in [-0.4, -0.2) is 44.4 Å². The van der Waals surface area contributed by atoms with Crippen molar-refractivity contribution in [3.05, 3.63) is 29.3 Å². The van der Waals surface area contributed by atoms with Gasteiger partial charge in [-0.2, -0.15) is 0 Å². The van der Waals surface area contributed by atoms with Crippen molar-refractivity contribution in [1.29, 1.82) is 0 Å². The number of carbonyl (C=O) groups is 1. The quantitative estimate of drug-likeness (QED) is 0.820. The van der Waals surface area contributed by atoms with E-state index < -0.39 is 10.0 Å². The lowest BCUT2D eigenvalue weighted by atomic mass is 10.1. The van der Waals surface area contributed by atoms with Crippen molar-refractivity contribution in [2.75, 3.05) is 13.1 Å². The van der Waals surface area contributed by atoms with Gasteiger partial charge in [0, 0.05) is 19.0 Å². The minimum atomic E-state index is -3.55. The number of hydrogen-bond donors (Lipinski definition) is 2. The van der Waals surface area contributed by atoms with Crippen LogP contribution in [0.1, 0.15) is 57.2 Å². The molecule has 7 heteroatoms. The summed E-state index contributed by atoms with van der Waals surface area (Å²) in [6, 6.07) is 5.68. The van der Waals surface area contributed by atoms with Gasteiger partial charge in [0.2, 0.25) is 15.9 Å². The van der Waals surface area contributed by atoms with Crippen molar-refractivity contribution < 1.29 is 13.2 Å². The number of piperidine rings is 1. The van der Waals surface area contributed by atoms with Crippen molar-refractivity contribution in [1.82, 2.24) is 14.9 Å². The highest BCUT2D eigenvalue weighted by molar-refractivity contribution is 7.89. The third-order valence-electron chi connectivity index (χ3n) is 5.46. The Labute approximate surface area is 156 Å². The minimum absolute atomic E-state index is 0.0191. The van der Waals surface area contributed by atoms with Crippen molar-refractivity contribution in [2.24, 2.45) is 0 Å². The Kier molecular flexibility index (Phi) is 5.69. The van der Waals surface area contributed by atoms with E-state index in [1.807, 2.05) is 6.07 Å². The van der Waals surface area contributed by atoms with Crippen molar-refractivity contribution in [3.63, 3.8) is 0 Å². The van der Waals surface area contributed by atoms with E-state index >= 15 is 0 Å². The van der Waals surface area contributed by atoms with Gasteiger partial charge in [-0.25, -0.2) is 13.1 Å². The maximum atomic E-state index is 12.8. The molecule has 0 radical (unpaired) electrons. The number of aryl methyl sites for hydroxylation is 1. The summed E-state index contributed by atoms with van der Waals surface area (Å²) in [5.41, 5.74) is 2.05. The van der Waals surface area contributed by atoms with Crippen LogP contribution in [0.4, 0.5) is 0 Å². The highest BCUT2D eigenvalue weighted by Gasteiger charge is 2.28. The van der Waals surface area contributed by atoms with Crippen LogP contribution in [0.3, 0.4) is 0 Å². The fourth-order valence-corrected chi connectivity index (χ4v) is 5.30. The van der Waals surface area contributed by atoms with Crippen LogP contribution < -0.4 is 10.0 Å². The van der Waals surface area contributed by atoms with Crippen LogP contribution in [-0.2, 0) is 21.2 Å². The number of sulfonamides is 1. The van der Waals surface area contributed by atoms with Gasteiger partial charge in [0.25, 0.3) is 0 Å². The van der Waals surface area contributed by atoms with E-state index in [-0.39, 0.29) is 18.0 Å². The number of hydrogen-bond acceptors (Lipinski definition) is 4. The average molecular weight is 380 g/mol. The van der Waals surface area contributed by atoms with E-state index in [1.54, 1.807) is 12.1 Å². The normalized spacial score (nSPS) is 21.8. The first-order chi connectivity index (χ1) is 12.3. The summed E-state index contributed by atoms with van der Waals surface area (Å²) < 4.78 is 28.5. The second kappa shape index (κ2) is 7.66. The molecule has 1 atom stereocenters. The van der Waals surface area contributed by atoms with Gasteiger partial charge in [-0.3, -0.25) is 4.79 Å². The zero-order valence-corrected chi connectivity index (χ0v) is 16.6. The first kappa shape index (κ1) is 19.3. The van der Waals surface area contributed by atoms with Gasteiger partial charge < -0.3 is 10.2 Å². The summed E-state index contributed by atoms with van der Waals surface area (Å²) in [7, 11) is -3.55. The molecule has 1 fully saturated rings. The smallest absolute Gasteiger partial charge is 0.240 e. The Morgan fingerprint density at radius 2 is 1.88 bits per heavy atom. The number of amides is 1. The molecular formula is C19H29N3O3S. The maximum Gasteiger partial charge on any atom is 0.240 e. The lowest BCUT2D eigenvalue weighted by Gasteiger charge is -2.34. The van der Waals surface area contributed by atoms with Gasteiger partial charge in [-0.05, 0) is 75.9 Å². The van der Waals surface area contributed by atoms with Gasteiger partial charge in [0.15, 0.2) is 0 Å². The number of fused-ring (bicyclic) bond motifs is 1. The van der Waals surface area contributed by atoms with E-state index in [1.165, 1.54) is 6.92 Å². The van der Waals surface area contributed by atoms with Crippen molar-refractivity contribution in [3.8, 4) is 0 Å². The predicted molar refractivity (Wildman–Crippen MR) is 101 cm³/mol. The Morgan fingerprint density at radius 1 is 1.19 bits per heavy atom. The van der Waals surface area contributed by atoms with Gasteiger partial charge in [0.05, 0.1) is 10.9 Å². The molecule has 6 nitrogen and oxygen atoms in total. The molecular weight excluding hydrogens is 350 g/mol. The summed E-state index contributed by atoms with van der Waals surface area (Å²) in [5.74, 6) is -0.0915. The van der Waals surface area contributed by atoms with Crippen LogP contribution in [0.15, 0.2) is 23.1 Å². The molecule has 0 bridgehead atoms. The third kappa shape index (κ3) is 4.27. The molecule has 1 heterocycles. The van der Waals surface area contributed by atoms with E-state index in [0.717, 1.165) is 49.9 Å². The zero-order chi connectivity index (χ0) is 18.9. The van der Waals surface area contributed by atoms with Crippen molar-refractivity contribution >= 4 is 15.9 Å². The maximum absolute atomic E-state index is 12.8. The van der Waals surface area contributed by atoms with Gasteiger partial charge >= 0.3 is 0 Å². The predicted octanol–water partition coefficient (Wildman–Crippen LogP) is 1.96. The topological polar surface area (TPSA) is 78.5 Å². The zero-order valence-electron chi connectivity index (χ0n) is 15.8. The summed E-state index contributed by atoms with van der Waals surface area (Å²) in [6.45, 7) is 7.66. The number of nitrogens with zero attached hydrogens (tertiary/aromatic N) is 1. The Hall–Kier alpha value is -1.44. The standard InChI is InChI=1S/C19H29N3O3S/c1-13(2)22-10-8-16(9-11-22)21-26(24,25)17-6-4-15-5-7-19(18(15)12-17)20-14(3)23/h4,6,12-13,16,19,21H,5,7-11H2,1-3H3,(H,20,23)/t19-/m0/s1. The molecule has 1 aliphatic carbocycles. The largest absolute Gasteiger partial charge is 0.350 e. The second-order valence-corrected chi connectivity index (χ2v) is 9.39. The Balaban J connectivity index is 1.71. The SMILES string of the molecule is CC(=O)N[C@H]1CCc2ccc(S(=O)(=O)NC3CCN(C(C)C)CC3)cc21. The molecule has 0 spiro atoms. The lowest BCUT2D eigenvalue weighted by Crippen LogP contribution is -2.46. The van der Waals surface area contributed by atoms with Crippen LogP contribution in [0.25, 0.3) is 0 Å². The highest BCUT2D eigenvalue weighted by Crippen LogP contribution is 2.33. The van der Waals surface area contributed by atoms with E-state index in [0.29, 0.717) is 10.9 Å². The van der Waals surface area contributed by atoms with Gasteiger partial charge in [-0.15, -0.1) is 0 Å². The fraction of sp³-hybridized carbons (Fsp3) is 0.632. The van der Waals surface area contributed by atoms with Crippen LogP contribution in [0.2, 0.25) is 0 Å². The second-order valence-electron chi connectivity index (χ2n) is 7.68. The molecule has 0 aromatic heterocycles. The summed E-state index contributed by atoms with van der Waals surface area (Å²) in [4.78, 5) is 14.0. The molecule has 1 aromatic carbocycles. The molecule has 1 aromatic rings. The molecule has 0 saturated carbocycles. The Bertz CT molecular complexity index is 768. The molecule has 0 unspecified atom stereocenters. The van der Waals surface area contributed by atoms with Gasteiger partial charge in [-0.1, -0.05) is 6.07 Å². The monoisotopic (exact) mass is 379 g/mol. The molecule has 1 saturated heterocycles. The lowest BCUT2D eigenvalue weighted by molar-refractivity contribution is -0.119. The molecule has 144 valence electrons. The number of likely N-dealkylation sites (tertiary alicyclic amines) is 1. The number of benzene rings is 1. The molecule has 2 N–H and O–H groups in total. The van der Waals surface area contributed by atoms with Gasteiger partial charge in [0.1, 0.15) is 0 Å². The summed E-state index contributed by atoms with van der Waals surface area (Å²) in [6.07, 6.45) is 3.34. The molecule has 1 aliphatic heterocycles. The average Bonchev–Trinajstić information content (AvgIpc) is 2.96. The fourth-order valence-electron chi connectivity index (χ4n) is 3.96. The van der Waals surface area contributed by atoms with E-state index in [2.05, 4.69) is 28.8 Å². The van der Waals surface area contributed by atoms with Crippen LogP contribution in [0, 0.1) is 0 Å². The van der Waals surface area contributed by atoms with Crippen molar-refractivity contribution in [2.45, 2.75) is 69.5 Å². The first-order valence-corrected chi connectivity index (χ1v) is 10.9. The minimum Gasteiger partial charge on any atom is -0.350 e. The molecule has 26 heavy (non-hydrogen) atoms. The number of nitrogens with one attached hydrogen (secondary N) is 2. The summed E-state index contributed by atoms with van der Waals surface area (Å²) >= 11 is 0. The Morgan fingerprint density at radius 3 is 2.50 bits per heavy atom. The van der Waals surface area contributed by atoms with E-state index in [4.69, 9.17) is 0 Å². The number of carbonyl (C=O) groups excluding carboxylic acids is 1. The first-order valence-electron chi connectivity index (χ1n) is 9.42. The molecule has 1 amide bonds. The van der Waals surface area contributed by atoms with Crippen LogP contribution in [0.5, 0.6) is 0 Å². The molecule has 2 aliphatic rings. The molecule has 3 rings (SSSR count). The number of rotatable bonds is 5. The van der Waals surface area contributed by atoms with Crippen LogP contribution >= 0.6 is 0 Å². The third-order valence-corrected chi connectivity index (χ3v) is 6.98. The van der Waals surface area contributed by atoms with E-state index in [9.17, 15) is 13.2 Å². The summed E-state index contributed by atoms with van der Waals surface area (Å²) in [5, 5.41) is 2.91.